The van der Waals surface area contributed by atoms with E-state index < -0.39 is 11.6 Å². The maximum Gasteiger partial charge on any atom is 0.257 e. The van der Waals surface area contributed by atoms with Gasteiger partial charge in [-0.05, 0) is 49.2 Å². The standard InChI is InChI=1S/C20H19F2N3O2/c21-12-3-5-15-16(20(26)25-19(15)8-12)11-23-13-4-6-18(17(22)9-13)24-10-14-2-1-7-27-14/h3-6,8-9,11,14,23-24H,1-2,7,10H2,(H,25,26)/b16-11+. The molecule has 2 aliphatic heterocycles. The van der Waals surface area contributed by atoms with Crippen LogP contribution < -0.4 is 16.0 Å². The molecule has 2 heterocycles. The van der Waals surface area contributed by atoms with Crippen LogP contribution in [0.4, 0.5) is 25.8 Å². The van der Waals surface area contributed by atoms with E-state index in [-0.39, 0.29) is 12.0 Å². The van der Waals surface area contributed by atoms with Crippen molar-refractivity contribution in [3.63, 3.8) is 0 Å². The number of hydrogen-bond acceptors (Lipinski definition) is 4. The quantitative estimate of drug-likeness (QED) is 0.696. The Morgan fingerprint density at radius 2 is 2.11 bits per heavy atom. The zero-order chi connectivity index (χ0) is 18.8. The van der Waals surface area contributed by atoms with Crippen LogP contribution >= 0.6 is 0 Å². The van der Waals surface area contributed by atoms with Gasteiger partial charge < -0.3 is 20.7 Å². The van der Waals surface area contributed by atoms with Gasteiger partial charge in [0.1, 0.15) is 11.6 Å². The van der Waals surface area contributed by atoms with Crippen LogP contribution in [0.1, 0.15) is 18.4 Å². The molecule has 1 saturated heterocycles. The van der Waals surface area contributed by atoms with Crippen LogP contribution in [0.25, 0.3) is 5.57 Å². The van der Waals surface area contributed by atoms with E-state index in [1.54, 1.807) is 12.1 Å². The van der Waals surface area contributed by atoms with Crippen molar-refractivity contribution in [2.45, 2.75) is 18.9 Å². The Morgan fingerprint density at radius 3 is 2.89 bits per heavy atom. The molecular weight excluding hydrogens is 352 g/mol. The van der Waals surface area contributed by atoms with E-state index in [0.29, 0.717) is 34.7 Å². The molecule has 2 aliphatic rings. The Hall–Kier alpha value is -2.93. The van der Waals surface area contributed by atoms with E-state index in [0.717, 1.165) is 19.4 Å². The van der Waals surface area contributed by atoms with Gasteiger partial charge in [0.15, 0.2) is 0 Å². The van der Waals surface area contributed by atoms with Gasteiger partial charge in [-0.1, -0.05) is 0 Å². The van der Waals surface area contributed by atoms with Crippen molar-refractivity contribution in [1.82, 2.24) is 0 Å². The van der Waals surface area contributed by atoms with Crippen molar-refractivity contribution in [1.29, 1.82) is 0 Å². The highest BCUT2D eigenvalue weighted by Gasteiger charge is 2.24. The van der Waals surface area contributed by atoms with Crippen LogP contribution in [0, 0.1) is 11.6 Å². The van der Waals surface area contributed by atoms with Crippen LogP contribution in [0.15, 0.2) is 42.6 Å². The Balaban J connectivity index is 1.45. The van der Waals surface area contributed by atoms with Gasteiger partial charge in [-0.25, -0.2) is 8.78 Å². The van der Waals surface area contributed by atoms with Gasteiger partial charge in [0.25, 0.3) is 5.91 Å². The number of carbonyl (C=O) groups is 1. The minimum absolute atomic E-state index is 0.123. The first kappa shape index (κ1) is 17.5. The monoisotopic (exact) mass is 371 g/mol. The Bertz CT molecular complexity index is 908. The molecule has 3 N–H and O–H groups in total. The predicted octanol–water partition coefficient (Wildman–Crippen LogP) is 3.96. The highest BCUT2D eigenvalue weighted by atomic mass is 19.1. The molecule has 0 aliphatic carbocycles. The molecule has 7 heteroatoms. The van der Waals surface area contributed by atoms with Crippen molar-refractivity contribution < 1.29 is 18.3 Å². The summed E-state index contributed by atoms with van der Waals surface area (Å²) in [5, 5.41) is 8.60. The van der Waals surface area contributed by atoms with Crippen LogP contribution in [0.3, 0.4) is 0 Å². The summed E-state index contributed by atoms with van der Waals surface area (Å²) < 4.78 is 33.1. The maximum absolute atomic E-state index is 14.3. The third-order valence-electron chi connectivity index (χ3n) is 4.66. The molecule has 0 aromatic heterocycles. The zero-order valence-electron chi connectivity index (χ0n) is 14.5. The average molecular weight is 371 g/mol. The number of anilines is 3. The molecule has 0 saturated carbocycles. The smallest absolute Gasteiger partial charge is 0.257 e. The number of hydrogen-bond donors (Lipinski definition) is 3. The number of amides is 1. The summed E-state index contributed by atoms with van der Waals surface area (Å²) >= 11 is 0. The second kappa shape index (κ2) is 7.36. The highest BCUT2D eigenvalue weighted by molar-refractivity contribution is 6.31. The lowest BCUT2D eigenvalue weighted by molar-refractivity contribution is -0.110. The molecule has 0 spiro atoms. The highest BCUT2D eigenvalue weighted by Crippen LogP contribution is 2.32. The topological polar surface area (TPSA) is 62.4 Å². The van der Waals surface area contributed by atoms with Crippen LogP contribution in [-0.4, -0.2) is 25.2 Å². The summed E-state index contributed by atoms with van der Waals surface area (Å²) in [6, 6.07) is 8.81. The molecule has 1 atom stereocenters. The maximum atomic E-state index is 14.3. The van der Waals surface area contributed by atoms with Gasteiger partial charge in [0, 0.05) is 30.6 Å². The summed E-state index contributed by atoms with van der Waals surface area (Å²) in [6.07, 6.45) is 3.64. The van der Waals surface area contributed by atoms with E-state index >= 15 is 0 Å². The number of rotatable bonds is 5. The summed E-state index contributed by atoms with van der Waals surface area (Å²) in [5.41, 5.74) is 2.30. The van der Waals surface area contributed by atoms with E-state index in [1.807, 2.05) is 0 Å². The molecule has 4 rings (SSSR count). The average Bonchev–Trinajstić information content (AvgIpc) is 3.26. The molecule has 2 aromatic rings. The fourth-order valence-electron chi connectivity index (χ4n) is 3.24. The second-order valence-electron chi connectivity index (χ2n) is 6.56. The van der Waals surface area contributed by atoms with E-state index in [9.17, 15) is 13.6 Å². The predicted molar refractivity (Wildman–Crippen MR) is 100 cm³/mol. The molecule has 1 amide bonds. The van der Waals surface area contributed by atoms with Crippen molar-refractivity contribution in [3.05, 3.63) is 59.8 Å². The SMILES string of the molecule is O=C1Nc2cc(F)ccc2/C1=C\Nc1ccc(NCC2CCCO2)c(F)c1. The fourth-order valence-corrected chi connectivity index (χ4v) is 3.24. The Kier molecular flexibility index (Phi) is 4.77. The normalized spacial score (nSPS) is 19.9. The number of halogens is 2. The second-order valence-corrected chi connectivity index (χ2v) is 6.56. The lowest BCUT2D eigenvalue weighted by Gasteiger charge is -2.13. The summed E-state index contributed by atoms with van der Waals surface area (Å²) in [4.78, 5) is 12.1. The zero-order valence-corrected chi connectivity index (χ0v) is 14.5. The lowest BCUT2D eigenvalue weighted by Crippen LogP contribution is -2.18. The number of nitrogens with one attached hydrogen (secondary N) is 3. The first-order valence-electron chi connectivity index (χ1n) is 8.83. The molecule has 1 fully saturated rings. The summed E-state index contributed by atoms with van der Waals surface area (Å²) in [7, 11) is 0. The summed E-state index contributed by atoms with van der Waals surface area (Å²) in [6.45, 7) is 1.33. The van der Waals surface area contributed by atoms with Gasteiger partial charge in [0.2, 0.25) is 0 Å². The molecular formula is C20H19F2N3O2. The largest absolute Gasteiger partial charge is 0.380 e. The van der Waals surface area contributed by atoms with E-state index in [1.165, 1.54) is 30.5 Å². The van der Waals surface area contributed by atoms with Crippen molar-refractivity contribution in [3.8, 4) is 0 Å². The van der Waals surface area contributed by atoms with Gasteiger partial charge in [0.05, 0.1) is 23.1 Å². The molecule has 0 bridgehead atoms. The molecule has 1 unspecified atom stereocenters. The molecule has 140 valence electrons. The third-order valence-corrected chi connectivity index (χ3v) is 4.66. The van der Waals surface area contributed by atoms with Gasteiger partial charge in [-0.15, -0.1) is 0 Å². The van der Waals surface area contributed by atoms with Crippen molar-refractivity contribution in [2.24, 2.45) is 0 Å². The van der Waals surface area contributed by atoms with Gasteiger partial charge >= 0.3 is 0 Å². The van der Waals surface area contributed by atoms with Crippen molar-refractivity contribution in [2.75, 3.05) is 29.1 Å². The lowest BCUT2D eigenvalue weighted by atomic mass is 10.1. The molecule has 0 radical (unpaired) electrons. The number of carbonyl (C=O) groups excluding carboxylic acids is 1. The van der Waals surface area contributed by atoms with Gasteiger partial charge in [-0.3, -0.25) is 4.79 Å². The molecule has 2 aromatic carbocycles. The van der Waals surface area contributed by atoms with Crippen molar-refractivity contribution >= 4 is 28.5 Å². The number of ether oxygens (including phenoxy) is 1. The van der Waals surface area contributed by atoms with Crippen LogP contribution in [0.2, 0.25) is 0 Å². The van der Waals surface area contributed by atoms with Gasteiger partial charge in [-0.2, -0.15) is 0 Å². The number of benzene rings is 2. The van der Waals surface area contributed by atoms with E-state index in [4.69, 9.17) is 4.74 Å². The number of fused-ring (bicyclic) bond motifs is 1. The van der Waals surface area contributed by atoms with E-state index in [2.05, 4.69) is 16.0 Å². The molecule has 27 heavy (non-hydrogen) atoms. The van der Waals surface area contributed by atoms with Crippen LogP contribution in [0.5, 0.6) is 0 Å². The van der Waals surface area contributed by atoms with Crippen LogP contribution in [-0.2, 0) is 9.53 Å². The first-order valence-corrected chi connectivity index (χ1v) is 8.83. The minimum atomic E-state index is -0.420. The Labute approximate surface area is 155 Å². The summed E-state index contributed by atoms with van der Waals surface area (Å²) in [5.74, 6) is -1.15. The minimum Gasteiger partial charge on any atom is -0.380 e. The Morgan fingerprint density at radius 1 is 1.22 bits per heavy atom. The first-order chi connectivity index (χ1) is 13.1. The third kappa shape index (κ3) is 3.78. The molecule has 5 nitrogen and oxygen atoms in total. The fraction of sp³-hybridized carbons (Fsp3) is 0.250.